The summed E-state index contributed by atoms with van der Waals surface area (Å²) in [6, 6.07) is 1.96. The Hall–Kier alpha value is -0.870. The molecule has 4 heteroatoms. The Bertz CT molecular complexity index is 325. The third-order valence-electron chi connectivity index (χ3n) is 2.47. The van der Waals surface area contributed by atoms with E-state index in [-0.39, 0.29) is 5.41 Å². The van der Waals surface area contributed by atoms with Crippen molar-refractivity contribution < 1.29 is 5.11 Å². The molecule has 0 amide bonds. The lowest BCUT2D eigenvalue weighted by atomic mass is 9.92. The van der Waals surface area contributed by atoms with Gasteiger partial charge in [0.25, 0.3) is 0 Å². The number of aliphatic hydroxyl groups excluding tert-OH is 1. The van der Waals surface area contributed by atoms with E-state index in [1.54, 1.807) is 4.68 Å². The fourth-order valence-electron chi connectivity index (χ4n) is 1.47. The van der Waals surface area contributed by atoms with Crippen molar-refractivity contribution in [2.75, 3.05) is 6.54 Å². The molecule has 1 unspecified atom stereocenters. The predicted octanol–water partition coefficient (Wildman–Crippen LogP) is 1.10. The summed E-state index contributed by atoms with van der Waals surface area (Å²) in [6.07, 6.45) is 0.0620. The highest BCUT2D eigenvalue weighted by Gasteiger charge is 2.21. The summed E-state index contributed by atoms with van der Waals surface area (Å²) in [5.41, 5.74) is 7.27. The normalized spacial score (nSPS) is 14.3. The van der Waals surface area contributed by atoms with Crippen molar-refractivity contribution in [3.05, 3.63) is 17.5 Å². The molecule has 0 aliphatic carbocycles. The van der Waals surface area contributed by atoms with Gasteiger partial charge in [0.15, 0.2) is 0 Å². The predicted molar refractivity (Wildman–Crippen MR) is 60.5 cm³/mol. The van der Waals surface area contributed by atoms with E-state index in [9.17, 15) is 5.11 Å². The number of nitrogens with zero attached hydrogens (tertiary/aromatic N) is 2. The van der Waals surface area contributed by atoms with Crippen molar-refractivity contribution in [2.45, 2.75) is 38.7 Å². The third-order valence-corrected chi connectivity index (χ3v) is 2.47. The lowest BCUT2D eigenvalue weighted by Crippen LogP contribution is -2.12. The van der Waals surface area contributed by atoms with Gasteiger partial charge in [0.2, 0.25) is 0 Å². The lowest BCUT2D eigenvalue weighted by Gasteiger charge is -2.13. The van der Waals surface area contributed by atoms with E-state index < -0.39 is 6.10 Å². The zero-order valence-electron chi connectivity index (χ0n) is 9.99. The van der Waals surface area contributed by atoms with Crippen molar-refractivity contribution in [1.82, 2.24) is 9.78 Å². The van der Waals surface area contributed by atoms with Gasteiger partial charge in [0, 0.05) is 12.5 Å². The Labute approximate surface area is 91.1 Å². The number of aryl methyl sites for hydroxylation is 1. The molecule has 4 nitrogen and oxygen atoms in total. The average Bonchev–Trinajstić information content (AvgIpc) is 2.47. The average molecular weight is 211 g/mol. The van der Waals surface area contributed by atoms with Crippen LogP contribution in [0, 0.1) is 0 Å². The van der Waals surface area contributed by atoms with Crippen LogP contribution in [-0.4, -0.2) is 21.4 Å². The Morgan fingerprint density at radius 3 is 2.53 bits per heavy atom. The van der Waals surface area contributed by atoms with Gasteiger partial charge in [-0.05, 0) is 19.0 Å². The van der Waals surface area contributed by atoms with E-state index >= 15 is 0 Å². The van der Waals surface area contributed by atoms with E-state index in [2.05, 4.69) is 25.9 Å². The number of hydrogen-bond donors (Lipinski definition) is 2. The molecule has 86 valence electrons. The van der Waals surface area contributed by atoms with Gasteiger partial charge in [0.1, 0.15) is 0 Å². The molecular formula is C11H21N3O. The molecule has 1 atom stereocenters. The van der Waals surface area contributed by atoms with E-state index in [1.165, 1.54) is 0 Å². The number of aromatic nitrogens is 2. The number of hydrogen-bond acceptors (Lipinski definition) is 3. The molecule has 1 heterocycles. The van der Waals surface area contributed by atoms with Crippen LogP contribution in [0.2, 0.25) is 0 Å². The summed E-state index contributed by atoms with van der Waals surface area (Å²) in [6.45, 7) is 6.80. The minimum Gasteiger partial charge on any atom is -0.387 e. The second kappa shape index (κ2) is 4.33. The molecule has 0 aliphatic heterocycles. The smallest absolute Gasteiger partial charge is 0.0968 e. The van der Waals surface area contributed by atoms with E-state index in [0.717, 1.165) is 11.4 Å². The molecule has 0 saturated heterocycles. The fraction of sp³-hybridized carbons (Fsp3) is 0.727. The van der Waals surface area contributed by atoms with Crippen LogP contribution in [-0.2, 0) is 12.5 Å². The van der Waals surface area contributed by atoms with Gasteiger partial charge in [-0.25, -0.2) is 0 Å². The van der Waals surface area contributed by atoms with Crippen LogP contribution < -0.4 is 5.73 Å². The minimum atomic E-state index is -0.511. The maximum absolute atomic E-state index is 9.84. The zero-order chi connectivity index (χ0) is 11.6. The van der Waals surface area contributed by atoms with Gasteiger partial charge in [0.05, 0.1) is 17.5 Å². The van der Waals surface area contributed by atoms with Crippen molar-refractivity contribution in [2.24, 2.45) is 12.8 Å². The van der Waals surface area contributed by atoms with Gasteiger partial charge in [-0.3, -0.25) is 4.68 Å². The summed E-state index contributed by atoms with van der Waals surface area (Å²) in [5, 5.41) is 14.2. The summed E-state index contributed by atoms with van der Waals surface area (Å²) < 4.78 is 1.74. The second-order valence-electron chi connectivity index (χ2n) is 4.92. The molecule has 15 heavy (non-hydrogen) atoms. The Morgan fingerprint density at radius 2 is 2.13 bits per heavy atom. The molecule has 0 saturated carbocycles. The first-order chi connectivity index (χ1) is 6.86. The van der Waals surface area contributed by atoms with Crippen LogP contribution in [0.5, 0.6) is 0 Å². The second-order valence-corrected chi connectivity index (χ2v) is 4.92. The molecule has 3 N–H and O–H groups in total. The van der Waals surface area contributed by atoms with E-state index in [4.69, 9.17) is 5.73 Å². The Balaban J connectivity index is 2.96. The maximum Gasteiger partial charge on any atom is 0.0968 e. The maximum atomic E-state index is 9.84. The van der Waals surface area contributed by atoms with Crippen LogP contribution >= 0.6 is 0 Å². The molecule has 1 aromatic heterocycles. The van der Waals surface area contributed by atoms with Crippen molar-refractivity contribution >= 4 is 0 Å². The van der Waals surface area contributed by atoms with E-state index in [1.807, 2.05) is 13.1 Å². The first-order valence-electron chi connectivity index (χ1n) is 5.29. The highest BCUT2D eigenvalue weighted by Crippen LogP contribution is 2.24. The molecule has 0 radical (unpaired) electrons. The van der Waals surface area contributed by atoms with Gasteiger partial charge < -0.3 is 10.8 Å². The van der Waals surface area contributed by atoms with E-state index in [0.29, 0.717) is 13.0 Å². The summed E-state index contributed by atoms with van der Waals surface area (Å²) in [5.74, 6) is 0. The Kier molecular flexibility index (Phi) is 3.52. The van der Waals surface area contributed by atoms with Crippen LogP contribution in [0.1, 0.15) is 44.7 Å². The van der Waals surface area contributed by atoms with Crippen LogP contribution in [0.3, 0.4) is 0 Å². The van der Waals surface area contributed by atoms with Crippen molar-refractivity contribution in [3.63, 3.8) is 0 Å². The standard InChI is InChI=1S/C11H21N3O/c1-11(2,3)10-7-8(14(4)13-10)9(15)5-6-12/h7,9,15H,5-6,12H2,1-4H3. The summed E-state index contributed by atoms with van der Waals surface area (Å²) in [4.78, 5) is 0. The fourth-order valence-corrected chi connectivity index (χ4v) is 1.47. The summed E-state index contributed by atoms with van der Waals surface area (Å²) >= 11 is 0. The number of aliphatic hydroxyl groups is 1. The van der Waals surface area contributed by atoms with Crippen molar-refractivity contribution in [1.29, 1.82) is 0 Å². The van der Waals surface area contributed by atoms with Crippen LogP contribution in [0.25, 0.3) is 0 Å². The van der Waals surface area contributed by atoms with Gasteiger partial charge >= 0.3 is 0 Å². The molecule has 1 rings (SSSR count). The lowest BCUT2D eigenvalue weighted by molar-refractivity contribution is 0.160. The van der Waals surface area contributed by atoms with Gasteiger partial charge in [-0.2, -0.15) is 5.10 Å². The largest absolute Gasteiger partial charge is 0.387 e. The summed E-state index contributed by atoms with van der Waals surface area (Å²) in [7, 11) is 1.85. The van der Waals surface area contributed by atoms with Crippen LogP contribution in [0.15, 0.2) is 6.07 Å². The molecule has 0 aromatic carbocycles. The SMILES string of the molecule is Cn1nc(C(C)(C)C)cc1C(O)CCN. The Morgan fingerprint density at radius 1 is 1.53 bits per heavy atom. The molecule has 1 aromatic rings. The minimum absolute atomic E-state index is 0.0123. The first kappa shape index (κ1) is 12.2. The molecule has 0 aliphatic rings. The topological polar surface area (TPSA) is 64.1 Å². The van der Waals surface area contributed by atoms with Crippen molar-refractivity contribution in [3.8, 4) is 0 Å². The molecule has 0 bridgehead atoms. The van der Waals surface area contributed by atoms with Gasteiger partial charge in [-0.15, -0.1) is 0 Å². The number of nitrogens with two attached hydrogens (primary N) is 1. The number of rotatable bonds is 3. The molecular weight excluding hydrogens is 190 g/mol. The first-order valence-corrected chi connectivity index (χ1v) is 5.29. The highest BCUT2D eigenvalue weighted by atomic mass is 16.3. The molecule has 0 spiro atoms. The highest BCUT2D eigenvalue weighted by molar-refractivity contribution is 5.19. The third kappa shape index (κ3) is 2.79. The quantitative estimate of drug-likeness (QED) is 0.787. The monoisotopic (exact) mass is 211 g/mol. The van der Waals surface area contributed by atoms with Crippen LogP contribution in [0.4, 0.5) is 0 Å². The van der Waals surface area contributed by atoms with Gasteiger partial charge in [-0.1, -0.05) is 20.8 Å². The zero-order valence-corrected chi connectivity index (χ0v) is 9.99. The molecule has 0 fully saturated rings.